The molecule has 0 unspecified atom stereocenters. The van der Waals surface area contributed by atoms with Crippen molar-refractivity contribution in [2.24, 2.45) is 0 Å². The minimum absolute atomic E-state index is 0.452. The average Bonchev–Trinajstić information content (AvgIpc) is 2.78. The van der Waals surface area contributed by atoms with Crippen LogP contribution in [-0.4, -0.2) is 13.2 Å². The fourth-order valence-electron chi connectivity index (χ4n) is 2.84. The zero-order valence-corrected chi connectivity index (χ0v) is 20.4. The van der Waals surface area contributed by atoms with E-state index in [1.165, 1.54) is 0 Å². The molecule has 0 N–H and O–H groups in total. The third-order valence-electron chi connectivity index (χ3n) is 4.57. The molecular formula is C24H36O4Zr. The van der Waals surface area contributed by atoms with Crippen molar-refractivity contribution in [3.8, 4) is 0 Å². The zero-order chi connectivity index (χ0) is 20.6. The van der Waals surface area contributed by atoms with Gasteiger partial charge in [-0.25, -0.2) is 0 Å². The van der Waals surface area contributed by atoms with Crippen LogP contribution < -0.4 is 0 Å². The van der Waals surface area contributed by atoms with Crippen LogP contribution >= 0.6 is 0 Å². The minimum atomic E-state index is -4.17. The normalized spacial score (nSPS) is 11.7. The summed E-state index contributed by atoms with van der Waals surface area (Å²) in [4.78, 5) is 0. The molecule has 2 aromatic carbocycles. The molecule has 2 rings (SSSR count). The van der Waals surface area contributed by atoms with E-state index in [1.54, 1.807) is 0 Å². The molecule has 0 aliphatic carbocycles. The topological polar surface area (TPSA) is 36.9 Å². The molecule has 0 atom stereocenters. The van der Waals surface area contributed by atoms with Gasteiger partial charge in [0.1, 0.15) is 0 Å². The summed E-state index contributed by atoms with van der Waals surface area (Å²) in [6, 6.07) is 20.3. The van der Waals surface area contributed by atoms with E-state index in [9.17, 15) is 0 Å². The Morgan fingerprint density at radius 1 is 0.552 bits per heavy atom. The van der Waals surface area contributed by atoms with Gasteiger partial charge in [0.15, 0.2) is 0 Å². The standard InChI is InChI=1S/2C7H7O.2C5H11O.Zr/c2*8-6-7-4-2-1-3-5-7;2*1-2-3-4-5-6;/h2*1-5H,6H2;2*2-5H2,1H3;/q4*-1;+4. The predicted molar refractivity (Wildman–Crippen MR) is 113 cm³/mol. The Kier molecular flexibility index (Phi) is 12.7. The van der Waals surface area contributed by atoms with Crippen molar-refractivity contribution in [3.05, 3.63) is 71.8 Å². The molecule has 0 bridgehead atoms. The number of hydrogen-bond donors (Lipinski definition) is 0. The van der Waals surface area contributed by atoms with Crippen LogP contribution in [0.1, 0.15) is 63.5 Å². The predicted octanol–water partition coefficient (Wildman–Crippen LogP) is 6.65. The number of rotatable bonds is 16. The third kappa shape index (κ3) is 10.2. The molecule has 29 heavy (non-hydrogen) atoms. The molecule has 0 spiro atoms. The van der Waals surface area contributed by atoms with Gasteiger partial charge in [-0.3, -0.25) is 0 Å². The van der Waals surface area contributed by atoms with Gasteiger partial charge in [0.2, 0.25) is 0 Å². The Balaban J connectivity index is 2.07. The quantitative estimate of drug-likeness (QED) is 0.253. The molecule has 0 aliphatic heterocycles. The second-order valence-corrected chi connectivity index (χ2v) is 12.5. The summed E-state index contributed by atoms with van der Waals surface area (Å²) in [6.45, 7) is 6.54. The average molecular weight is 480 g/mol. The first-order chi connectivity index (χ1) is 14.3. The molecule has 4 nitrogen and oxygen atoms in total. The van der Waals surface area contributed by atoms with E-state index >= 15 is 0 Å². The van der Waals surface area contributed by atoms with E-state index in [0.717, 1.165) is 49.7 Å². The second-order valence-electron chi connectivity index (χ2n) is 7.16. The maximum atomic E-state index is 6.34. The molecule has 0 amide bonds. The van der Waals surface area contributed by atoms with Crippen LogP contribution in [0, 0.1) is 0 Å². The van der Waals surface area contributed by atoms with Gasteiger partial charge in [0.05, 0.1) is 0 Å². The summed E-state index contributed by atoms with van der Waals surface area (Å²) in [5.41, 5.74) is 2.21. The van der Waals surface area contributed by atoms with Gasteiger partial charge in [-0.15, -0.1) is 0 Å². The molecule has 0 saturated heterocycles. The van der Waals surface area contributed by atoms with Crippen LogP contribution in [0.25, 0.3) is 0 Å². The number of hydrogen-bond acceptors (Lipinski definition) is 4. The monoisotopic (exact) mass is 478 g/mol. The van der Waals surface area contributed by atoms with E-state index in [-0.39, 0.29) is 0 Å². The van der Waals surface area contributed by atoms with Crippen LogP contribution in [0.15, 0.2) is 60.7 Å². The van der Waals surface area contributed by atoms with E-state index in [4.69, 9.17) is 11.3 Å². The first kappa shape index (κ1) is 24.4. The summed E-state index contributed by atoms with van der Waals surface area (Å²) in [7, 11) is 0. The van der Waals surface area contributed by atoms with Crippen molar-refractivity contribution in [2.45, 2.75) is 65.6 Å². The first-order valence-electron chi connectivity index (χ1n) is 10.9. The van der Waals surface area contributed by atoms with Crippen molar-refractivity contribution < 1.29 is 33.3 Å². The molecule has 2 aromatic rings. The van der Waals surface area contributed by atoms with Crippen molar-refractivity contribution in [1.82, 2.24) is 0 Å². The summed E-state index contributed by atoms with van der Waals surface area (Å²) >= 11 is -4.17. The molecule has 0 heterocycles. The van der Waals surface area contributed by atoms with Crippen LogP contribution in [0.5, 0.6) is 0 Å². The van der Waals surface area contributed by atoms with Gasteiger partial charge in [0, 0.05) is 0 Å². The van der Waals surface area contributed by atoms with Crippen LogP contribution in [0.4, 0.5) is 0 Å². The Bertz CT molecular complexity index is 578. The van der Waals surface area contributed by atoms with Crippen LogP contribution in [-0.2, 0) is 46.5 Å². The number of benzene rings is 2. The maximum absolute atomic E-state index is 6.34. The molecule has 0 aromatic heterocycles. The molecule has 0 saturated carbocycles. The molecule has 0 aliphatic rings. The number of unbranched alkanes of at least 4 members (excludes halogenated alkanes) is 4. The van der Waals surface area contributed by atoms with Gasteiger partial charge in [-0.1, -0.05) is 0 Å². The van der Waals surface area contributed by atoms with Gasteiger partial charge in [-0.05, 0) is 0 Å². The molecule has 0 fully saturated rings. The summed E-state index contributed by atoms with van der Waals surface area (Å²) < 4.78 is 25.3. The SMILES string of the molecule is CCCCC[O][Zr]([O]CCCCC)([O]Cc1ccccc1)[O]Cc1ccccc1. The Morgan fingerprint density at radius 2 is 0.966 bits per heavy atom. The fourth-order valence-corrected chi connectivity index (χ4v) is 7.70. The van der Waals surface area contributed by atoms with Gasteiger partial charge < -0.3 is 0 Å². The summed E-state index contributed by atoms with van der Waals surface area (Å²) in [6.07, 6.45) is 6.57. The van der Waals surface area contributed by atoms with Crippen molar-refractivity contribution in [1.29, 1.82) is 0 Å². The fraction of sp³-hybridized carbons (Fsp3) is 0.500. The molecule has 0 radical (unpaired) electrons. The van der Waals surface area contributed by atoms with Crippen molar-refractivity contribution >= 4 is 0 Å². The Labute approximate surface area is 183 Å². The van der Waals surface area contributed by atoms with Gasteiger partial charge in [-0.2, -0.15) is 0 Å². The van der Waals surface area contributed by atoms with E-state index in [1.807, 2.05) is 36.4 Å². The molecule has 5 heteroatoms. The Morgan fingerprint density at radius 3 is 1.34 bits per heavy atom. The van der Waals surface area contributed by atoms with E-state index in [0.29, 0.717) is 26.4 Å². The Hall–Kier alpha value is -0.837. The summed E-state index contributed by atoms with van der Waals surface area (Å²) in [5.74, 6) is 0. The zero-order valence-electron chi connectivity index (χ0n) is 18.0. The second kappa shape index (κ2) is 15.0. The van der Waals surface area contributed by atoms with Crippen molar-refractivity contribution in [2.75, 3.05) is 13.2 Å². The van der Waals surface area contributed by atoms with Gasteiger partial charge >= 0.3 is 184 Å². The molecular weight excluding hydrogens is 443 g/mol. The van der Waals surface area contributed by atoms with Crippen LogP contribution in [0.2, 0.25) is 0 Å². The third-order valence-corrected chi connectivity index (χ3v) is 9.76. The van der Waals surface area contributed by atoms with Crippen LogP contribution in [0.3, 0.4) is 0 Å². The van der Waals surface area contributed by atoms with E-state index in [2.05, 4.69) is 38.1 Å². The first-order valence-corrected chi connectivity index (χ1v) is 14.9. The molecule has 160 valence electrons. The van der Waals surface area contributed by atoms with E-state index < -0.39 is 22.0 Å². The summed E-state index contributed by atoms with van der Waals surface area (Å²) in [5, 5.41) is 0. The van der Waals surface area contributed by atoms with Crippen molar-refractivity contribution in [3.63, 3.8) is 0 Å². The van der Waals surface area contributed by atoms with Gasteiger partial charge in [0.25, 0.3) is 0 Å².